The molecule has 6 heteroatoms. The van der Waals surface area contributed by atoms with Gasteiger partial charge in [0.1, 0.15) is 5.82 Å². The Kier molecular flexibility index (Phi) is 5.33. The second kappa shape index (κ2) is 6.53. The Morgan fingerprint density at radius 1 is 1.53 bits per heavy atom. The Labute approximate surface area is 113 Å². The second-order valence-corrected chi connectivity index (χ2v) is 4.78. The number of rotatable bonds is 4. The summed E-state index contributed by atoms with van der Waals surface area (Å²) in [5.74, 6) is -0.622. The summed E-state index contributed by atoms with van der Waals surface area (Å²) >= 11 is 2.13. The van der Waals surface area contributed by atoms with Gasteiger partial charge in [0.05, 0.1) is 13.0 Å². The molecule has 0 aliphatic carbocycles. The van der Waals surface area contributed by atoms with Gasteiger partial charge in [-0.25, -0.2) is 4.98 Å². The van der Waals surface area contributed by atoms with E-state index in [2.05, 4.69) is 37.6 Å². The number of methoxy groups -OCH3 is 1. The van der Waals surface area contributed by atoms with E-state index < -0.39 is 11.9 Å². The first-order valence-corrected chi connectivity index (χ1v) is 6.10. The van der Waals surface area contributed by atoms with Crippen LogP contribution in [-0.4, -0.2) is 24.0 Å². The van der Waals surface area contributed by atoms with E-state index in [-0.39, 0.29) is 12.3 Å². The lowest BCUT2D eigenvalue weighted by molar-refractivity contribution is -0.146. The Bertz CT molecular complexity index is 406. The van der Waals surface area contributed by atoms with Crippen LogP contribution in [0.1, 0.15) is 13.3 Å². The molecule has 0 aromatic carbocycles. The summed E-state index contributed by atoms with van der Waals surface area (Å²) in [6.07, 6.45) is 1.74. The fraction of sp³-hybridized carbons (Fsp3) is 0.364. The van der Waals surface area contributed by atoms with Crippen molar-refractivity contribution in [1.29, 1.82) is 0 Å². The van der Waals surface area contributed by atoms with Crippen molar-refractivity contribution in [2.24, 2.45) is 5.92 Å². The molecule has 1 heterocycles. The number of hydrogen-bond acceptors (Lipinski definition) is 4. The van der Waals surface area contributed by atoms with E-state index >= 15 is 0 Å². The quantitative estimate of drug-likeness (QED) is 0.666. The molecule has 0 saturated carbocycles. The predicted molar refractivity (Wildman–Crippen MR) is 71.4 cm³/mol. The second-order valence-electron chi connectivity index (χ2n) is 3.54. The van der Waals surface area contributed by atoms with Crippen molar-refractivity contribution in [2.45, 2.75) is 13.3 Å². The van der Waals surface area contributed by atoms with Crippen LogP contribution in [-0.2, 0) is 14.3 Å². The van der Waals surface area contributed by atoms with Crippen LogP contribution in [0.5, 0.6) is 0 Å². The number of hydrogen-bond donors (Lipinski definition) is 1. The van der Waals surface area contributed by atoms with E-state index in [0.29, 0.717) is 5.82 Å². The molecule has 0 saturated heterocycles. The molecule has 1 aromatic rings. The number of pyridine rings is 1. The monoisotopic (exact) mass is 348 g/mol. The molecule has 1 amide bonds. The summed E-state index contributed by atoms with van der Waals surface area (Å²) < 4.78 is 5.53. The highest BCUT2D eigenvalue weighted by Crippen LogP contribution is 2.09. The van der Waals surface area contributed by atoms with Gasteiger partial charge in [0.25, 0.3) is 0 Å². The third kappa shape index (κ3) is 4.68. The van der Waals surface area contributed by atoms with Crippen LogP contribution < -0.4 is 5.32 Å². The van der Waals surface area contributed by atoms with Crippen LogP contribution in [0.4, 0.5) is 5.82 Å². The fourth-order valence-corrected chi connectivity index (χ4v) is 1.53. The van der Waals surface area contributed by atoms with E-state index in [0.717, 1.165) is 3.57 Å². The van der Waals surface area contributed by atoms with Crippen molar-refractivity contribution in [3.05, 3.63) is 21.9 Å². The van der Waals surface area contributed by atoms with Gasteiger partial charge in [-0.15, -0.1) is 0 Å². The molecule has 1 atom stereocenters. The minimum absolute atomic E-state index is 0.0837. The molecule has 0 fully saturated rings. The Morgan fingerprint density at radius 2 is 2.24 bits per heavy atom. The molecular weight excluding hydrogens is 335 g/mol. The molecule has 0 unspecified atom stereocenters. The highest BCUT2D eigenvalue weighted by atomic mass is 127. The molecule has 0 aliphatic rings. The van der Waals surface area contributed by atoms with Gasteiger partial charge in [-0.05, 0) is 34.7 Å². The van der Waals surface area contributed by atoms with Gasteiger partial charge in [-0.1, -0.05) is 6.92 Å². The number of nitrogens with one attached hydrogen (secondary N) is 1. The van der Waals surface area contributed by atoms with Crippen molar-refractivity contribution in [1.82, 2.24) is 4.98 Å². The molecule has 0 spiro atoms. The molecule has 17 heavy (non-hydrogen) atoms. The predicted octanol–water partition coefficient (Wildman–Crippen LogP) is 1.82. The molecule has 1 aromatic heterocycles. The molecule has 1 N–H and O–H groups in total. The number of ether oxygens (including phenoxy) is 1. The summed E-state index contributed by atoms with van der Waals surface area (Å²) in [6, 6.07) is 3.55. The van der Waals surface area contributed by atoms with Crippen molar-refractivity contribution in [2.75, 3.05) is 12.4 Å². The number of halogens is 1. The lowest BCUT2D eigenvalue weighted by atomic mass is 10.1. The Hall–Kier alpha value is -1.18. The van der Waals surface area contributed by atoms with Crippen LogP contribution in [0.2, 0.25) is 0 Å². The van der Waals surface area contributed by atoms with Crippen LogP contribution in [0.25, 0.3) is 0 Å². The minimum atomic E-state index is -0.455. The average molecular weight is 348 g/mol. The molecule has 5 nitrogen and oxygen atoms in total. The molecule has 0 radical (unpaired) electrons. The van der Waals surface area contributed by atoms with Crippen molar-refractivity contribution >= 4 is 40.3 Å². The Balaban J connectivity index is 2.50. The number of anilines is 1. The van der Waals surface area contributed by atoms with Crippen molar-refractivity contribution < 1.29 is 14.3 Å². The topological polar surface area (TPSA) is 68.3 Å². The standard InChI is InChI=1S/C11H13IN2O3/c1-7(11(16)17-2)5-10(15)14-9-4-3-8(12)6-13-9/h3-4,6-7H,5H2,1-2H3,(H,13,14,15)/t7-/m1/s1. The summed E-state index contributed by atoms with van der Waals surface area (Å²) in [5, 5.41) is 2.62. The van der Waals surface area contributed by atoms with Gasteiger partial charge in [-0.3, -0.25) is 9.59 Å². The van der Waals surface area contributed by atoms with E-state index in [1.807, 2.05) is 6.07 Å². The maximum Gasteiger partial charge on any atom is 0.308 e. The van der Waals surface area contributed by atoms with Gasteiger partial charge in [-0.2, -0.15) is 0 Å². The molecule has 0 aliphatic heterocycles. The van der Waals surface area contributed by atoms with Crippen LogP contribution in [0, 0.1) is 9.49 Å². The largest absolute Gasteiger partial charge is 0.469 e. The third-order valence-corrected chi connectivity index (χ3v) is 2.73. The molecule has 92 valence electrons. The average Bonchev–Trinajstić information content (AvgIpc) is 2.30. The molecule has 1 rings (SSSR count). The first-order valence-electron chi connectivity index (χ1n) is 5.02. The maximum absolute atomic E-state index is 11.6. The number of carbonyl (C=O) groups excluding carboxylic acids is 2. The Morgan fingerprint density at radius 3 is 2.76 bits per heavy atom. The van der Waals surface area contributed by atoms with Crippen LogP contribution in [0.3, 0.4) is 0 Å². The van der Waals surface area contributed by atoms with E-state index in [1.54, 1.807) is 19.2 Å². The zero-order valence-electron chi connectivity index (χ0n) is 9.57. The number of esters is 1. The number of amides is 1. The zero-order valence-corrected chi connectivity index (χ0v) is 11.7. The van der Waals surface area contributed by atoms with Crippen LogP contribution in [0.15, 0.2) is 18.3 Å². The van der Waals surface area contributed by atoms with Crippen LogP contribution >= 0.6 is 22.6 Å². The highest BCUT2D eigenvalue weighted by Gasteiger charge is 2.17. The fourth-order valence-electron chi connectivity index (χ4n) is 1.21. The normalized spacial score (nSPS) is 11.7. The van der Waals surface area contributed by atoms with E-state index in [4.69, 9.17) is 0 Å². The lowest BCUT2D eigenvalue weighted by Gasteiger charge is -2.09. The van der Waals surface area contributed by atoms with Gasteiger partial charge in [0.15, 0.2) is 0 Å². The SMILES string of the molecule is COC(=O)[C@H](C)CC(=O)Nc1ccc(I)cn1. The lowest BCUT2D eigenvalue weighted by Crippen LogP contribution is -2.21. The highest BCUT2D eigenvalue weighted by molar-refractivity contribution is 14.1. The van der Waals surface area contributed by atoms with Gasteiger partial charge < -0.3 is 10.1 Å². The minimum Gasteiger partial charge on any atom is -0.469 e. The number of carbonyl (C=O) groups is 2. The first-order chi connectivity index (χ1) is 8.02. The summed E-state index contributed by atoms with van der Waals surface area (Å²) in [4.78, 5) is 26.7. The van der Waals surface area contributed by atoms with E-state index in [9.17, 15) is 9.59 Å². The number of aromatic nitrogens is 1. The zero-order chi connectivity index (χ0) is 12.8. The smallest absolute Gasteiger partial charge is 0.308 e. The summed E-state index contributed by atoms with van der Waals surface area (Å²) in [6.45, 7) is 1.65. The van der Waals surface area contributed by atoms with Gasteiger partial charge >= 0.3 is 5.97 Å². The maximum atomic E-state index is 11.6. The molecule has 0 bridgehead atoms. The summed E-state index contributed by atoms with van der Waals surface area (Å²) in [7, 11) is 1.30. The molecular formula is C11H13IN2O3. The third-order valence-electron chi connectivity index (χ3n) is 2.09. The van der Waals surface area contributed by atoms with Gasteiger partial charge in [0.2, 0.25) is 5.91 Å². The van der Waals surface area contributed by atoms with E-state index in [1.165, 1.54) is 7.11 Å². The number of nitrogens with zero attached hydrogens (tertiary/aromatic N) is 1. The van der Waals surface area contributed by atoms with Gasteiger partial charge in [0, 0.05) is 16.2 Å². The first kappa shape index (κ1) is 13.9. The van der Waals surface area contributed by atoms with Crippen molar-refractivity contribution in [3.63, 3.8) is 0 Å². The summed E-state index contributed by atoms with van der Waals surface area (Å²) in [5.41, 5.74) is 0. The van der Waals surface area contributed by atoms with Crippen molar-refractivity contribution in [3.8, 4) is 0 Å².